The van der Waals surface area contributed by atoms with E-state index in [2.05, 4.69) is 15.5 Å². The monoisotopic (exact) mass is 267 g/mol. The Hall–Kier alpha value is -0.610. The number of nitrogens with zero attached hydrogens (tertiary/aromatic N) is 1. The minimum absolute atomic E-state index is 0.293. The van der Waals surface area contributed by atoms with Crippen LogP contribution in [0.3, 0.4) is 0 Å². The predicted octanol–water partition coefficient (Wildman–Crippen LogP) is 1.37. The van der Waals surface area contributed by atoms with Crippen molar-refractivity contribution in [2.24, 2.45) is 5.92 Å². The summed E-state index contributed by atoms with van der Waals surface area (Å²) in [7, 11) is 0. The van der Waals surface area contributed by atoms with Crippen LogP contribution in [-0.4, -0.2) is 50.1 Å². The van der Waals surface area contributed by atoms with Crippen molar-refractivity contribution in [1.82, 2.24) is 15.5 Å². The minimum atomic E-state index is 0.293. The highest BCUT2D eigenvalue weighted by molar-refractivity contribution is 5.78. The molecule has 0 aromatic heterocycles. The lowest BCUT2D eigenvalue weighted by Crippen LogP contribution is -2.44. The van der Waals surface area contributed by atoms with Crippen molar-refractivity contribution in [3.63, 3.8) is 0 Å². The van der Waals surface area contributed by atoms with Crippen LogP contribution in [0.25, 0.3) is 0 Å². The van der Waals surface area contributed by atoms with Gasteiger partial charge in [-0.05, 0) is 25.8 Å². The van der Waals surface area contributed by atoms with Crippen molar-refractivity contribution in [3.8, 4) is 0 Å². The maximum absolute atomic E-state index is 12.1. The van der Waals surface area contributed by atoms with Gasteiger partial charge in [-0.2, -0.15) is 0 Å². The summed E-state index contributed by atoms with van der Waals surface area (Å²) in [4.78, 5) is 14.5. The fraction of sp³-hybridized carbons (Fsp3) is 0.933. The van der Waals surface area contributed by atoms with Crippen LogP contribution in [0.4, 0.5) is 0 Å². The summed E-state index contributed by atoms with van der Waals surface area (Å²) >= 11 is 0. The summed E-state index contributed by atoms with van der Waals surface area (Å²) in [6, 6.07) is 0. The molecule has 1 saturated carbocycles. The number of hydrogen-bond acceptors (Lipinski definition) is 3. The quantitative estimate of drug-likeness (QED) is 0.584. The molecule has 2 fully saturated rings. The highest BCUT2D eigenvalue weighted by atomic mass is 16.1. The van der Waals surface area contributed by atoms with Gasteiger partial charge in [0.1, 0.15) is 0 Å². The molecule has 0 radical (unpaired) electrons. The topological polar surface area (TPSA) is 44.4 Å². The van der Waals surface area contributed by atoms with E-state index in [0.29, 0.717) is 11.8 Å². The first-order valence-corrected chi connectivity index (χ1v) is 8.07. The molecule has 2 N–H and O–H groups in total. The molecule has 0 aromatic carbocycles. The standard InChI is InChI=1S/C15H29N3O/c19-15(14-6-3-1-2-4-7-14)17-8-5-11-18-12-9-16-10-13-18/h14,16H,1-13H2,(H,17,19). The van der Waals surface area contributed by atoms with E-state index in [1.807, 2.05) is 0 Å². The van der Waals surface area contributed by atoms with Crippen molar-refractivity contribution >= 4 is 5.91 Å². The van der Waals surface area contributed by atoms with Crippen LogP contribution >= 0.6 is 0 Å². The molecule has 110 valence electrons. The van der Waals surface area contributed by atoms with Crippen LogP contribution in [0.15, 0.2) is 0 Å². The van der Waals surface area contributed by atoms with Crippen molar-refractivity contribution in [1.29, 1.82) is 0 Å². The molecule has 0 unspecified atom stereocenters. The molecule has 1 aliphatic carbocycles. The maximum atomic E-state index is 12.1. The van der Waals surface area contributed by atoms with Crippen LogP contribution < -0.4 is 10.6 Å². The van der Waals surface area contributed by atoms with E-state index in [-0.39, 0.29) is 0 Å². The number of hydrogen-bond donors (Lipinski definition) is 2. The summed E-state index contributed by atoms with van der Waals surface area (Å²) in [6.45, 7) is 6.47. The van der Waals surface area contributed by atoms with E-state index in [1.165, 1.54) is 25.7 Å². The second-order valence-corrected chi connectivity index (χ2v) is 5.92. The van der Waals surface area contributed by atoms with Gasteiger partial charge in [-0.1, -0.05) is 25.7 Å². The van der Waals surface area contributed by atoms with Gasteiger partial charge in [0.25, 0.3) is 0 Å². The van der Waals surface area contributed by atoms with Gasteiger partial charge < -0.3 is 15.5 Å². The summed E-state index contributed by atoms with van der Waals surface area (Å²) < 4.78 is 0. The summed E-state index contributed by atoms with van der Waals surface area (Å²) in [6.07, 6.45) is 8.38. The van der Waals surface area contributed by atoms with Gasteiger partial charge in [0, 0.05) is 38.6 Å². The number of carbonyl (C=O) groups is 1. The number of amides is 1. The fourth-order valence-electron chi connectivity index (χ4n) is 3.13. The molecule has 4 nitrogen and oxygen atoms in total. The number of piperazine rings is 1. The Morgan fingerprint density at radius 2 is 1.79 bits per heavy atom. The Morgan fingerprint density at radius 3 is 2.47 bits per heavy atom. The fourth-order valence-corrected chi connectivity index (χ4v) is 3.13. The lowest BCUT2D eigenvalue weighted by atomic mass is 9.99. The summed E-state index contributed by atoms with van der Waals surface area (Å²) in [5, 5.41) is 6.50. The largest absolute Gasteiger partial charge is 0.356 e. The Morgan fingerprint density at radius 1 is 1.11 bits per heavy atom. The first kappa shape index (κ1) is 14.8. The van der Waals surface area contributed by atoms with Crippen LogP contribution in [0.2, 0.25) is 0 Å². The Labute approximate surface area is 117 Å². The smallest absolute Gasteiger partial charge is 0.223 e. The number of rotatable bonds is 5. The van der Waals surface area contributed by atoms with Gasteiger partial charge >= 0.3 is 0 Å². The molecule has 0 aromatic rings. The summed E-state index contributed by atoms with van der Waals surface area (Å²) in [5.41, 5.74) is 0. The number of nitrogens with one attached hydrogen (secondary N) is 2. The van der Waals surface area contributed by atoms with Crippen molar-refractivity contribution in [2.45, 2.75) is 44.9 Å². The molecule has 0 bridgehead atoms. The van der Waals surface area contributed by atoms with Crippen molar-refractivity contribution < 1.29 is 4.79 Å². The van der Waals surface area contributed by atoms with E-state index in [9.17, 15) is 4.79 Å². The molecule has 19 heavy (non-hydrogen) atoms. The SMILES string of the molecule is O=C(NCCCN1CCNCC1)C1CCCCCC1. The first-order chi connectivity index (χ1) is 9.36. The van der Waals surface area contributed by atoms with Gasteiger partial charge in [-0.3, -0.25) is 4.79 Å². The van der Waals surface area contributed by atoms with Gasteiger partial charge in [0.2, 0.25) is 5.91 Å². The van der Waals surface area contributed by atoms with Crippen molar-refractivity contribution in [2.75, 3.05) is 39.3 Å². The molecule has 2 aliphatic rings. The highest BCUT2D eigenvalue weighted by Gasteiger charge is 2.19. The second-order valence-electron chi connectivity index (χ2n) is 5.92. The van der Waals surface area contributed by atoms with Crippen LogP contribution in [-0.2, 0) is 4.79 Å². The van der Waals surface area contributed by atoms with Crippen LogP contribution in [0.1, 0.15) is 44.9 Å². The minimum Gasteiger partial charge on any atom is -0.356 e. The second kappa shape index (κ2) is 8.54. The van der Waals surface area contributed by atoms with E-state index < -0.39 is 0 Å². The molecule has 4 heteroatoms. The zero-order chi connectivity index (χ0) is 13.3. The Balaban J connectivity index is 1.55. The Bertz CT molecular complexity index is 256. The molecular formula is C15H29N3O. The average molecular weight is 267 g/mol. The molecule has 2 rings (SSSR count). The third kappa shape index (κ3) is 5.49. The molecule has 0 spiro atoms. The zero-order valence-electron chi connectivity index (χ0n) is 12.1. The van der Waals surface area contributed by atoms with Crippen LogP contribution in [0, 0.1) is 5.92 Å². The molecular weight excluding hydrogens is 238 g/mol. The predicted molar refractivity (Wildman–Crippen MR) is 78.1 cm³/mol. The van der Waals surface area contributed by atoms with Crippen LogP contribution in [0.5, 0.6) is 0 Å². The van der Waals surface area contributed by atoms with Crippen molar-refractivity contribution in [3.05, 3.63) is 0 Å². The average Bonchev–Trinajstić information content (AvgIpc) is 2.73. The van der Waals surface area contributed by atoms with Gasteiger partial charge in [0.15, 0.2) is 0 Å². The lowest BCUT2D eigenvalue weighted by molar-refractivity contribution is -0.125. The van der Waals surface area contributed by atoms with E-state index in [1.54, 1.807) is 0 Å². The van der Waals surface area contributed by atoms with Gasteiger partial charge in [-0.25, -0.2) is 0 Å². The highest BCUT2D eigenvalue weighted by Crippen LogP contribution is 2.22. The Kier molecular flexibility index (Phi) is 6.65. The maximum Gasteiger partial charge on any atom is 0.223 e. The third-order valence-electron chi connectivity index (χ3n) is 4.39. The van der Waals surface area contributed by atoms with E-state index in [0.717, 1.165) is 58.5 Å². The molecule has 1 amide bonds. The van der Waals surface area contributed by atoms with Gasteiger partial charge in [-0.15, -0.1) is 0 Å². The zero-order valence-corrected chi connectivity index (χ0v) is 12.1. The third-order valence-corrected chi connectivity index (χ3v) is 4.39. The molecule has 1 heterocycles. The molecule has 1 aliphatic heterocycles. The van der Waals surface area contributed by atoms with Gasteiger partial charge in [0.05, 0.1) is 0 Å². The normalized spacial score (nSPS) is 22.9. The molecule has 0 atom stereocenters. The lowest BCUT2D eigenvalue weighted by Gasteiger charge is -2.27. The van der Waals surface area contributed by atoms with E-state index in [4.69, 9.17) is 0 Å². The number of carbonyl (C=O) groups excluding carboxylic acids is 1. The summed E-state index contributed by atoms with van der Waals surface area (Å²) in [5.74, 6) is 0.601. The first-order valence-electron chi connectivity index (χ1n) is 8.07. The molecule has 1 saturated heterocycles. The van der Waals surface area contributed by atoms with E-state index >= 15 is 0 Å².